The summed E-state index contributed by atoms with van der Waals surface area (Å²) in [5.74, 6) is -0.0820. The van der Waals surface area contributed by atoms with Crippen LogP contribution in [0.15, 0.2) is 42.9 Å². The molecule has 0 aliphatic carbocycles. The molecule has 7 heteroatoms. The van der Waals surface area contributed by atoms with E-state index in [2.05, 4.69) is 47.4 Å². The number of rotatable bonds is 7. The fourth-order valence-corrected chi connectivity index (χ4v) is 2.98. The Balaban J connectivity index is 1.58. The number of amides is 1. The van der Waals surface area contributed by atoms with Crippen LogP contribution in [0.25, 0.3) is 11.1 Å². The molecule has 0 aliphatic heterocycles. The molecule has 29 heavy (non-hydrogen) atoms. The maximum atomic E-state index is 12.7. The van der Waals surface area contributed by atoms with Gasteiger partial charge in [0.05, 0.1) is 25.0 Å². The number of hydrogen-bond acceptors (Lipinski definition) is 5. The second-order valence-electron chi connectivity index (χ2n) is 7.37. The summed E-state index contributed by atoms with van der Waals surface area (Å²) in [7, 11) is 1.83. The quantitative estimate of drug-likeness (QED) is 0.643. The molecule has 1 atom stereocenters. The molecule has 7 nitrogen and oxygen atoms in total. The molecule has 0 saturated heterocycles. The lowest BCUT2D eigenvalue weighted by Crippen LogP contribution is -2.36. The Hall–Kier alpha value is -3.19. The second kappa shape index (κ2) is 8.87. The predicted octanol–water partition coefficient (Wildman–Crippen LogP) is 3.02. The Morgan fingerprint density at radius 3 is 2.69 bits per heavy atom. The van der Waals surface area contributed by atoms with E-state index in [-0.39, 0.29) is 17.8 Å². The molecule has 0 aliphatic rings. The summed E-state index contributed by atoms with van der Waals surface area (Å²) >= 11 is 0. The number of carbonyl (C=O) groups is 1. The summed E-state index contributed by atoms with van der Waals surface area (Å²) in [6.45, 7) is 6.96. The van der Waals surface area contributed by atoms with Crippen LogP contribution in [-0.2, 0) is 18.4 Å². The van der Waals surface area contributed by atoms with Crippen LogP contribution < -0.4 is 11.1 Å². The molecule has 0 bridgehead atoms. The summed E-state index contributed by atoms with van der Waals surface area (Å²) < 4.78 is 7.46. The predicted molar refractivity (Wildman–Crippen MR) is 113 cm³/mol. The minimum atomic E-state index is -0.275. The number of benzene rings is 1. The van der Waals surface area contributed by atoms with Gasteiger partial charge in [0.2, 0.25) is 0 Å². The summed E-state index contributed by atoms with van der Waals surface area (Å²) in [6, 6.07) is 7.83. The van der Waals surface area contributed by atoms with Crippen molar-refractivity contribution in [1.29, 1.82) is 0 Å². The van der Waals surface area contributed by atoms with Gasteiger partial charge in [0.25, 0.3) is 5.91 Å². The van der Waals surface area contributed by atoms with Crippen molar-refractivity contribution in [2.75, 3.05) is 12.3 Å². The van der Waals surface area contributed by atoms with Crippen LogP contribution in [0.2, 0.25) is 0 Å². The van der Waals surface area contributed by atoms with Gasteiger partial charge in [0.15, 0.2) is 0 Å². The number of nitrogens with one attached hydrogen (secondary N) is 1. The van der Waals surface area contributed by atoms with E-state index < -0.39 is 0 Å². The number of aryl methyl sites for hydroxylation is 3. The lowest BCUT2D eigenvalue weighted by atomic mass is 10.1. The zero-order chi connectivity index (χ0) is 21.0. The molecule has 0 unspecified atom stereocenters. The lowest BCUT2D eigenvalue weighted by molar-refractivity contribution is 0.0821. The second-order valence-corrected chi connectivity index (χ2v) is 7.37. The highest BCUT2D eigenvalue weighted by atomic mass is 16.5. The molecule has 2 aromatic heterocycles. The van der Waals surface area contributed by atoms with Gasteiger partial charge in [-0.05, 0) is 43.5 Å². The van der Waals surface area contributed by atoms with Crippen LogP contribution in [0.3, 0.4) is 0 Å². The molecule has 0 spiro atoms. The summed E-state index contributed by atoms with van der Waals surface area (Å²) in [4.78, 5) is 16.8. The highest BCUT2D eigenvalue weighted by Gasteiger charge is 2.15. The highest BCUT2D eigenvalue weighted by Crippen LogP contribution is 2.21. The number of aromatic nitrogens is 3. The minimum absolute atomic E-state index is 0.171. The first-order valence-electron chi connectivity index (χ1n) is 9.52. The van der Waals surface area contributed by atoms with Crippen LogP contribution in [0, 0.1) is 13.8 Å². The highest BCUT2D eigenvalue weighted by molar-refractivity contribution is 5.99. The summed E-state index contributed by atoms with van der Waals surface area (Å²) in [5, 5.41) is 7.07. The van der Waals surface area contributed by atoms with Crippen molar-refractivity contribution in [3.8, 4) is 11.1 Å². The minimum Gasteiger partial charge on any atom is -0.383 e. The number of nitrogens with two attached hydrogens (primary N) is 1. The average Bonchev–Trinajstić information content (AvgIpc) is 3.11. The molecule has 3 N–H and O–H groups in total. The van der Waals surface area contributed by atoms with Gasteiger partial charge < -0.3 is 15.8 Å². The van der Waals surface area contributed by atoms with E-state index in [1.807, 2.05) is 20.2 Å². The molecule has 3 aromatic rings. The Bertz CT molecular complexity index is 1010. The third-order valence-electron chi connectivity index (χ3n) is 4.79. The van der Waals surface area contributed by atoms with Crippen molar-refractivity contribution in [1.82, 2.24) is 20.1 Å². The van der Waals surface area contributed by atoms with Gasteiger partial charge in [-0.2, -0.15) is 5.10 Å². The van der Waals surface area contributed by atoms with Crippen molar-refractivity contribution in [2.45, 2.75) is 33.4 Å². The van der Waals surface area contributed by atoms with Crippen LogP contribution >= 0.6 is 0 Å². The van der Waals surface area contributed by atoms with Gasteiger partial charge in [0.1, 0.15) is 5.82 Å². The van der Waals surface area contributed by atoms with E-state index in [1.165, 1.54) is 11.1 Å². The third-order valence-corrected chi connectivity index (χ3v) is 4.79. The van der Waals surface area contributed by atoms with Gasteiger partial charge in [-0.3, -0.25) is 9.48 Å². The standard InChI is InChI=1S/C22H27N5O2/c1-14-5-6-17(7-15(14)2)13-29-12-16(3)26-22(28)20-8-18(9-24-21(20)23)19-10-25-27(4)11-19/h5-11,16H,12-13H2,1-4H3,(H2,23,24)(H,26,28)/t16-/m1/s1. The van der Waals surface area contributed by atoms with Gasteiger partial charge in [-0.25, -0.2) is 4.98 Å². The van der Waals surface area contributed by atoms with Crippen molar-refractivity contribution < 1.29 is 9.53 Å². The van der Waals surface area contributed by atoms with E-state index in [9.17, 15) is 4.79 Å². The fourth-order valence-electron chi connectivity index (χ4n) is 2.98. The molecule has 1 aromatic carbocycles. The van der Waals surface area contributed by atoms with E-state index in [0.29, 0.717) is 18.8 Å². The normalized spacial score (nSPS) is 12.0. The number of nitrogens with zero attached hydrogens (tertiary/aromatic N) is 3. The van der Waals surface area contributed by atoms with E-state index in [1.54, 1.807) is 23.1 Å². The largest absolute Gasteiger partial charge is 0.383 e. The molecule has 2 heterocycles. The number of hydrogen-bond donors (Lipinski definition) is 2. The summed E-state index contributed by atoms with van der Waals surface area (Å²) in [5.41, 5.74) is 11.5. The van der Waals surface area contributed by atoms with E-state index >= 15 is 0 Å². The number of nitrogen functional groups attached to an aromatic ring is 1. The molecular formula is C22H27N5O2. The zero-order valence-corrected chi connectivity index (χ0v) is 17.3. The topological polar surface area (TPSA) is 95.1 Å². The molecule has 152 valence electrons. The first-order valence-corrected chi connectivity index (χ1v) is 9.52. The molecule has 0 fully saturated rings. The van der Waals surface area contributed by atoms with Crippen molar-refractivity contribution >= 4 is 11.7 Å². The number of carbonyl (C=O) groups excluding carboxylic acids is 1. The van der Waals surface area contributed by atoms with Crippen molar-refractivity contribution in [2.24, 2.45) is 7.05 Å². The Labute approximate surface area is 170 Å². The van der Waals surface area contributed by atoms with Crippen LogP contribution in [0.5, 0.6) is 0 Å². The smallest absolute Gasteiger partial charge is 0.255 e. The fraction of sp³-hybridized carbons (Fsp3) is 0.318. The Morgan fingerprint density at radius 1 is 1.21 bits per heavy atom. The van der Waals surface area contributed by atoms with Crippen molar-refractivity contribution in [3.05, 3.63) is 65.1 Å². The first kappa shape index (κ1) is 20.5. The SMILES string of the molecule is Cc1ccc(COC[C@@H](C)NC(=O)c2cc(-c3cnn(C)c3)cnc2N)cc1C. The molecule has 0 saturated carbocycles. The molecular weight excluding hydrogens is 366 g/mol. The number of pyridine rings is 1. The third kappa shape index (κ3) is 5.20. The van der Waals surface area contributed by atoms with Crippen LogP contribution in [0.4, 0.5) is 5.82 Å². The zero-order valence-electron chi connectivity index (χ0n) is 17.3. The molecule has 1 amide bonds. The van der Waals surface area contributed by atoms with Crippen LogP contribution in [0.1, 0.15) is 34.0 Å². The van der Waals surface area contributed by atoms with E-state index in [0.717, 1.165) is 16.7 Å². The maximum Gasteiger partial charge on any atom is 0.255 e. The molecule has 3 rings (SSSR count). The molecule has 0 radical (unpaired) electrons. The Kier molecular flexibility index (Phi) is 6.29. The average molecular weight is 393 g/mol. The van der Waals surface area contributed by atoms with Gasteiger partial charge in [-0.1, -0.05) is 18.2 Å². The lowest BCUT2D eigenvalue weighted by Gasteiger charge is -2.15. The maximum absolute atomic E-state index is 12.7. The number of anilines is 1. The van der Waals surface area contributed by atoms with Gasteiger partial charge >= 0.3 is 0 Å². The Morgan fingerprint density at radius 2 is 2.00 bits per heavy atom. The van der Waals surface area contributed by atoms with E-state index in [4.69, 9.17) is 10.5 Å². The van der Waals surface area contributed by atoms with Crippen LogP contribution in [-0.4, -0.2) is 33.3 Å². The first-order chi connectivity index (χ1) is 13.8. The van der Waals surface area contributed by atoms with Crippen molar-refractivity contribution in [3.63, 3.8) is 0 Å². The number of ether oxygens (including phenoxy) is 1. The monoisotopic (exact) mass is 393 g/mol. The van der Waals surface area contributed by atoms with Gasteiger partial charge in [0, 0.05) is 36.6 Å². The van der Waals surface area contributed by atoms with Gasteiger partial charge in [-0.15, -0.1) is 0 Å². The summed E-state index contributed by atoms with van der Waals surface area (Å²) in [6.07, 6.45) is 5.22.